The molecule has 98 valence electrons. The highest BCUT2D eigenvalue weighted by Gasteiger charge is 2.56. The standard InChI is InChI=1S/C16H15BrOS/c17-13-8-7-12(19-13)16(18)15-11-6-5-9-3-1-2-4-10(9)14(11)15/h1-4,7-8,11,14-16,18H,5-6H2. The Balaban J connectivity index is 1.63. The summed E-state index contributed by atoms with van der Waals surface area (Å²) in [6.07, 6.45) is 2.11. The molecule has 0 aliphatic heterocycles. The molecule has 1 aromatic heterocycles. The van der Waals surface area contributed by atoms with Crippen LogP contribution < -0.4 is 0 Å². The maximum absolute atomic E-state index is 10.6. The SMILES string of the molecule is OC(c1ccc(Br)s1)C1C2CCc3ccccc3C21. The van der Waals surface area contributed by atoms with Gasteiger partial charge in [-0.3, -0.25) is 0 Å². The summed E-state index contributed by atoms with van der Waals surface area (Å²) in [5.41, 5.74) is 2.98. The lowest BCUT2D eigenvalue weighted by molar-refractivity contribution is 0.148. The molecule has 1 fully saturated rings. The molecule has 2 aliphatic carbocycles. The van der Waals surface area contributed by atoms with Gasteiger partial charge in [-0.25, -0.2) is 0 Å². The van der Waals surface area contributed by atoms with Crippen LogP contribution in [0.1, 0.15) is 34.4 Å². The number of hydrogen-bond acceptors (Lipinski definition) is 2. The molecule has 3 heteroatoms. The number of aliphatic hydroxyl groups is 1. The minimum Gasteiger partial charge on any atom is -0.387 e. The molecule has 0 amide bonds. The van der Waals surface area contributed by atoms with E-state index in [9.17, 15) is 5.11 Å². The van der Waals surface area contributed by atoms with Crippen LogP contribution in [-0.2, 0) is 6.42 Å². The minimum atomic E-state index is -0.294. The largest absolute Gasteiger partial charge is 0.387 e. The number of aryl methyl sites for hydroxylation is 1. The second-order valence-corrected chi connectivity index (χ2v) is 8.09. The van der Waals surface area contributed by atoms with Crippen molar-refractivity contribution < 1.29 is 5.11 Å². The number of hydrogen-bond donors (Lipinski definition) is 1. The van der Waals surface area contributed by atoms with Gasteiger partial charge in [0.05, 0.1) is 9.89 Å². The molecule has 4 rings (SSSR count). The summed E-state index contributed by atoms with van der Waals surface area (Å²) in [5.74, 6) is 1.70. The number of halogens is 1. The lowest BCUT2D eigenvalue weighted by atomic mass is 9.92. The highest BCUT2D eigenvalue weighted by atomic mass is 79.9. The van der Waals surface area contributed by atoms with E-state index in [0.29, 0.717) is 17.8 Å². The first-order valence-corrected chi connectivity index (χ1v) is 8.38. The van der Waals surface area contributed by atoms with Crippen molar-refractivity contribution in [2.75, 3.05) is 0 Å². The van der Waals surface area contributed by atoms with Crippen LogP contribution in [0.5, 0.6) is 0 Å². The molecule has 2 aliphatic rings. The molecule has 1 heterocycles. The van der Waals surface area contributed by atoms with Crippen molar-refractivity contribution in [2.24, 2.45) is 11.8 Å². The average Bonchev–Trinajstić information content (AvgIpc) is 3.03. The van der Waals surface area contributed by atoms with Gasteiger partial charge < -0.3 is 5.11 Å². The third-order valence-corrected chi connectivity index (χ3v) is 6.34. The topological polar surface area (TPSA) is 20.2 Å². The van der Waals surface area contributed by atoms with Crippen molar-refractivity contribution in [2.45, 2.75) is 24.9 Å². The highest BCUT2D eigenvalue weighted by Crippen LogP contribution is 2.64. The molecule has 1 N–H and O–H groups in total. The second kappa shape index (κ2) is 4.44. The monoisotopic (exact) mass is 334 g/mol. The molecule has 4 atom stereocenters. The van der Waals surface area contributed by atoms with Gasteiger partial charge in [0.1, 0.15) is 0 Å². The summed E-state index contributed by atoms with van der Waals surface area (Å²) in [6, 6.07) is 12.8. The predicted octanol–water partition coefficient (Wildman–Crippen LogP) is 4.52. The van der Waals surface area contributed by atoms with Crippen LogP contribution in [0, 0.1) is 11.8 Å². The van der Waals surface area contributed by atoms with E-state index < -0.39 is 0 Å². The third kappa shape index (κ3) is 1.91. The van der Waals surface area contributed by atoms with E-state index in [1.807, 2.05) is 6.07 Å². The van der Waals surface area contributed by atoms with Crippen molar-refractivity contribution in [1.29, 1.82) is 0 Å². The Kier molecular flexibility index (Phi) is 2.83. The Morgan fingerprint density at radius 1 is 1.21 bits per heavy atom. The summed E-state index contributed by atoms with van der Waals surface area (Å²) in [6.45, 7) is 0. The van der Waals surface area contributed by atoms with E-state index in [1.54, 1.807) is 11.3 Å². The molecule has 19 heavy (non-hydrogen) atoms. The van der Waals surface area contributed by atoms with Gasteiger partial charge in [-0.2, -0.15) is 0 Å². The van der Waals surface area contributed by atoms with Crippen molar-refractivity contribution in [3.8, 4) is 0 Å². The third-order valence-electron chi connectivity index (χ3n) is 4.64. The Labute approximate surface area is 125 Å². The maximum atomic E-state index is 10.6. The molecule has 1 aromatic carbocycles. The van der Waals surface area contributed by atoms with E-state index in [2.05, 4.69) is 46.3 Å². The zero-order valence-electron chi connectivity index (χ0n) is 10.4. The van der Waals surface area contributed by atoms with Gasteiger partial charge in [0.2, 0.25) is 0 Å². The predicted molar refractivity (Wildman–Crippen MR) is 81.5 cm³/mol. The average molecular weight is 335 g/mol. The lowest BCUT2D eigenvalue weighted by Crippen LogP contribution is -2.00. The molecular formula is C16H15BrOS. The Hall–Kier alpha value is -0.640. The Morgan fingerprint density at radius 2 is 2.05 bits per heavy atom. The van der Waals surface area contributed by atoms with Crippen LogP contribution in [-0.4, -0.2) is 5.11 Å². The molecule has 4 unspecified atom stereocenters. The molecule has 1 nitrogen and oxygen atoms in total. The van der Waals surface area contributed by atoms with Gasteiger partial charge >= 0.3 is 0 Å². The number of thiophene rings is 1. The van der Waals surface area contributed by atoms with Crippen molar-refractivity contribution in [1.82, 2.24) is 0 Å². The second-order valence-electron chi connectivity index (χ2n) is 5.59. The lowest BCUT2D eigenvalue weighted by Gasteiger charge is -2.13. The molecule has 0 bridgehead atoms. The quantitative estimate of drug-likeness (QED) is 0.855. The van der Waals surface area contributed by atoms with Crippen LogP contribution >= 0.6 is 27.3 Å². The first-order valence-electron chi connectivity index (χ1n) is 6.77. The smallest absolute Gasteiger partial charge is 0.0919 e. The van der Waals surface area contributed by atoms with Crippen molar-refractivity contribution in [3.05, 3.63) is 56.2 Å². The van der Waals surface area contributed by atoms with Crippen molar-refractivity contribution >= 4 is 27.3 Å². The Morgan fingerprint density at radius 3 is 2.84 bits per heavy atom. The van der Waals surface area contributed by atoms with Gasteiger partial charge in [0.15, 0.2) is 0 Å². The first-order chi connectivity index (χ1) is 9.25. The van der Waals surface area contributed by atoms with E-state index >= 15 is 0 Å². The van der Waals surface area contributed by atoms with E-state index in [-0.39, 0.29) is 6.10 Å². The normalized spacial score (nSPS) is 29.5. The van der Waals surface area contributed by atoms with Crippen LogP contribution in [0.25, 0.3) is 0 Å². The number of rotatable bonds is 2. The fourth-order valence-electron chi connectivity index (χ4n) is 3.73. The fraction of sp³-hybridized carbons (Fsp3) is 0.375. The molecular weight excluding hydrogens is 320 g/mol. The van der Waals surface area contributed by atoms with Gasteiger partial charge in [0.25, 0.3) is 0 Å². The number of benzene rings is 1. The minimum absolute atomic E-state index is 0.294. The Bertz CT molecular complexity index is 621. The zero-order valence-corrected chi connectivity index (χ0v) is 12.8. The summed E-state index contributed by atoms with van der Waals surface area (Å²) < 4.78 is 1.10. The molecule has 0 radical (unpaired) electrons. The van der Waals surface area contributed by atoms with Crippen LogP contribution in [0.3, 0.4) is 0 Å². The summed E-state index contributed by atoms with van der Waals surface area (Å²) >= 11 is 5.14. The molecule has 1 saturated carbocycles. The van der Waals surface area contributed by atoms with Crippen LogP contribution in [0.4, 0.5) is 0 Å². The summed E-state index contributed by atoms with van der Waals surface area (Å²) in [4.78, 5) is 1.10. The number of fused-ring (bicyclic) bond motifs is 3. The summed E-state index contributed by atoms with van der Waals surface area (Å²) in [5, 5.41) is 10.6. The van der Waals surface area contributed by atoms with Crippen molar-refractivity contribution in [3.63, 3.8) is 0 Å². The molecule has 0 spiro atoms. The highest BCUT2D eigenvalue weighted by molar-refractivity contribution is 9.11. The van der Waals surface area contributed by atoms with Crippen LogP contribution in [0.2, 0.25) is 0 Å². The maximum Gasteiger partial charge on any atom is 0.0919 e. The van der Waals surface area contributed by atoms with E-state index in [0.717, 1.165) is 8.66 Å². The number of aliphatic hydroxyl groups excluding tert-OH is 1. The molecule has 2 aromatic rings. The zero-order chi connectivity index (χ0) is 13.0. The van der Waals surface area contributed by atoms with Gasteiger partial charge in [-0.1, -0.05) is 24.3 Å². The van der Waals surface area contributed by atoms with Gasteiger partial charge in [-0.05, 0) is 63.9 Å². The fourth-order valence-corrected chi connectivity index (χ4v) is 5.20. The van der Waals surface area contributed by atoms with Crippen LogP contribution in [0.15, 0.2) is 40.2 Å². The van der Waals surface area contributed by atoms with E-state index in [4.69, 9.17) is 0 Å². The molecule has 0 saturated heterocycles. The van der Waals surface area contributed by atoms with E-state index in [1.165, 1.54) is 24.0 Å². The summed E-state index contributed by atoms with van der Waals surface area (Å²) in [7, 11) is 0. The van der Waals surface area contributed by atoms with Gasteiger partial charge in [-0.15, -0.1) is 11.3 Å². The van der Waals surface area contributed by atoms with Gasteiger partial charge in [0, 0.05) is 10.8 Å². The first kappa shape index (κ1) is 12.1.